The van der Waals surface area contributed by atoms with Gasteiger partial charge in [0.25, 0.3) is 0 Å². The number of hydrogen-bond donors (Lipinski definition) is 1. The molecule has 1 aliphatic rings. The smallest absolute Gasteiger partial charge is 0.408 e. The molecule has 3 rings (SSSR count). The van der Waals surface area contributed by atoms with Crippen LogP contribution in [0, 0.1) is 0 Å². The van der Waals surface area contributed by atoms with Gasteiger partial charge in [-0.05, 0) is 44.7 Å². The van der Waals surface area contributed by atoms with E-state index in [2.05, 4.69) is 0 Å². The summed E-state index contributed by atoms with van der Waals surface area (Å²) in [6.45, 7) is 5.83. The van der Waals surface area contributed by atoms with Crippen molar-refractivity contribution < 1.29 is 14.7 Å². The monoisotopic (exact) mass is 379 g/mol. The zero-order valence-electron chi connectivity index (χ0n) is 16.9. The molecule has 2 aromatic carbocycles. The first-order chi connectivity index (χ1) is 13.2. The average Bonchev–Trinajstić information content (AvgIpc) is 3.11. The van der Waals surface area contributed by atoms with Gasteiger partial charge in [-0.1, -0.05) is 67.4 Å². The van der Waals surface area contributed by atoms with E-state index in [0.717, 1.165) is 36.8 Å². The first kappa shape index (κ1) is 20.1. The summed E-state index contributed by atoms with van der Waals surface area (Å²) < 4.78 is 0. The van der Waals surface area contributed by atoms with Crippen LogP contribution in [0.4, 0.5) is 4.79 Å². The lowest BCUT2D eigenvalue weighted by Crippen LogP contribution is -2.56. The van der Waals surface area contributed by atoms with Crippen LogP contribution in [0.3, 0.4) is 0 Å². The molecule has 1 amide bonds. The first-order valence-corrected chi connectivity index (χ1v) is 9.95. The Kier molecular flexibility index (Phi) is 5.59. The molecular weight excluding hydrogens is 350 g/mol. The Morgan fingerprint density at radius 1 is 0.964 bits per heavy atom. The molecule has 4 nitrogen and oxygen atoms in total. The lowest BCUT2D eigenvalue weighted by atomic mass is 9.82. The van der Waals surface area contributed by atoms with Gasteiger partial charge >= 0.3 is 6.09 Å². The highest BCUT2D eigenvalue weighted by Gasteiger charge is 2.48. The van der Waals surface area contributed by atoms with Crippen molar-refractivity contribution in [2.24, 2.45) is 0 Å². The van der Waals surface area contributed by atoms with E-state index in [1.807, 2.05) is 75.4 Å². The molecule has 0 aromatic heterocycles. The molecule has 0 bridgehead atoms. The third-order valence-electron chi connectivity index (χ3n) is 5.67. The van der Waals surface area contributed by atoms with Crippen LogP contribution >= 0.6 is 0 Å². The number of amides is 1. The Morgan fingerprint density at radius 3 is 2.04 bits per heavy atom. The predicted molar refractivity (Wildman–Crippen MR) is 111 cm³/mol. The highest BCUT2D eigenvalue weighted by atomic mass is 16.4. The van der Waals surface area contributed by atoms with Crippen molar-refractivity contribution in [2.75, 3.05) is 0 Å². The van der Waals surface area contributed by atoms with E-state index >= 15 is 0 Å². The van der Waals surface area contributed by atoms with Gasteiger partial charge in [0.15, 0.2) is 5.78 Å². The molecule has 2 aromatic rings. The summed E-state index contributed by atoms with van der Waals surface area (Å²) in [5.74, 6) is 0.0733. The Morgan fingerprint density at radius 2 is 1.54 bits per heavy atom. The summed E-state index contributed by atoms with van der Waals surface area (Å²) >= 11 is 0. The number of carbonyl (C=O) groups excluding carboxylic acids is 1. The minimum absolute atomic E-state index is 0.0733. The summed E-state index contributed by atoms with van der Waals surface area (Å²) in [7, 11) is 0. The van der Waals surface area contributed by atoms with Crippen LogP contribution in [-0.4, -0.2) is 27.4 Å². The molecule has 1 N–H and O–H groups in total. The van der Waals surface area contributed by atoms with Gasteiger partial charge in [-0.25, -0.2) is 4.79 Å². The molecule has 0 aliphatic heterocycles. The maximum Gasteiger partial charge on any atom is 0.408 e. The minimum Gasteiger partial charge on any atom is -0.465 e. The highest BCUT2D eigenvalue weighted by molar-refractivity contribution is 5.97. The molecule has 1 fully saturated rings. The van der Waals surface area contributed by atoms with Gasteiger partial charge < -0.3 is 5.11 Å². The lowest BCUT2D eigenvalue weighted by Gasteiger charge is -2.47. The fourth-order valence-corrected chi connectivity index (χ4v) is 4.56. The maximum atomic E-state index is 12.6. The minimum atomic E-state index is -0.890. The number of Topliss-reactive ketones (excluding diaryl/α,β-unsaturated/α-hetero) is 1. The van der Waals surface area contributed by atoms with Crippen molar-refractivity contribution in [2.45, 2.75) is 64.0 Å². The van der Waals surface area contributed by atoms with Gasteiger partial charge in [0.05, 0.1) is 5.54 Å². The number of carbonyl (C=O) groups is 2. The molecule has 0 radical (unpaired) electrons. The van der Waals surface area contributed by atoms with Crippen molar-refractivity contribution in [1.82, 2.24) is 4.90 Å². The molecule has 4 heteroatoms. The molecular formula is C24H29NO3. The Bertz CT molecular complexity index is 828. The van der Waals surface area contributed by atoms with Gasteiger partial charge in [0, 0.05) is 17.5 Å². The largest absolute Gasteiger partial charge is 0.465 e. The van der Waals surface area contributed by atoms with Gasteiger partial charge in [0.2, 0.25) is 0 Å². The average molecular weight is 380 g/mol. The zero-order valence-corrected chi connectivity index (χ0v) is 16.9. The molecule has 1 saturated carbocycles. The number of ketones is 1. The van der Waals surface area contributed by atoms with Crippen LogP contribution < -0.4 is 0 Å². The first-order valence-electron chi connectivity index (χ1n) is 9.95. The van der Waals surface area contributed by atoms with Crippen molar-refractivity contribution in [1.29, 1.82) is 0 Å². The van der Waals surface area contributed by atoms with Crippen LogP contribution in [-0.2, 0) is 12.0 Å². The van der Waals surface area contributed by atoms with Crippen molar-refractivity contribution >= 4 is 11.9 Å². The SMILES string of the molecule is CC(C)(C)N(C(=O)O)C1(c2ccc(C(=O)Cc3ccccc3)cc2)CCCC1. The second-order valence-electron chi connectivity index (χ2n) is 8.69. The molecule has 28 heavy (non-hydrogen) atoms. The van der Waals surface area contributed by atoms with Crippen LogP contribution in [0.5, 0.6) is 0 Å². The highest BCUT2D eigenvalue weighted by Crippen LogP contribution is 2.47. The summed E-state index contributed by atoms with van der Waals surface area (Å²) in [6, 6.07) is 17.3. The molecule has 0 saturated heterocycles. The zero-order chi connectivity index (χ0) is 20.4. The lowest BCUT2D eigenvalue weighted by molar-refractivity contribution is 0.0154. The topological polar surface area (TPSA) is 57.6 Å². The van der Waals surface area contributed by atoms with E-state index in [4.69, 9.17) is 0 Å². The van der Waals surface area contributed by atoms with Gasteiger partial charge in [-0.2, -0.15) is 0 Å². The van der Waals surface area contributed by atoms with Crippen molar-refractivity contribution in [3.05, 3.63) is 71.3 Å². The van der Waals surface area contributed by atoms with Crippen LogP contribution in [0.15, 0.2) is 54.6 Å². The third kappa shape index (κ3) is 3.96. The summed E-state index contributed by atoms with van der Waals surface area (Å²) in [5, 5.41) is 9.97. The van der Waals surface area contributed by atoms with E-state index < -0.39 is 17.2 Å². The summed E-state index contributed by atoms with van der Waals surface area (Å²) in [5.41, 5.74) is 1.62. The summed E-state index contributed by atoms with van der Waals surface area (Å²) in [6.07, 6.45) is 3.12. The maximum absolute atomic E-state index is 12.6. The molecule has 0 unspecified atom stereocenters. The number of rotatable bonds is 5. The number of carboxylic acid groups (broad SMARTS) is 1. The number of benzene rings is 2. The summed E-state index contributed by atoms with van der Waals surface area (Å²) in [4.78, 5) is 26.4. The molecule has 0 atom stereocenters. The van der Waals surface area contributed by atoms with E-state index in [1.54, 1.807) is 4.90 Å². The normalized spacial score (nSPS) is 16.0. The molecule has 1 aliphatic carbocycles. The Hall–Kier alpha value is -2.62. The second kappa shape index (κ2) is 7.78. The fourth-order valence-electron chi connectivity index (χ4n) is 4.56. The van der Waals surface area contributed by atoms with Crippen LogP contribution in [0.1, 0.15) is 67.9 Å². The van der Waals surface area contributed by atoms with Crippen molar-refractivity contribution in [3.8, 4) is 0 Å². The van der Waals surface area contributed by atoms with Crippen molar-refractivity contribution in [3.63, 3.8) is 0 Å². The number of nitrogens with zero attached hydrogens (tertiary/aromatic N) is 1. The second-order valence-corrected chi connectivity index (χ2v) is 8.69. The molecule has 148 valence electrons. The van der Waals surface area contributed by atoms with Crippen LogP contribution in [0.25, 0.3) is 0 Å². The van der Waals surface area contributed by atoms with Crippen LogP contribution in [0.2, 0.25) is 0 Å². The standard InChI is InChI=1S/C24H29NO3/c1-23(2,3)25(22(27)28)24(15-7-8-16-24)20-13-11-19(12-14-20)21(26)17-18-9-5-4-6-10-18/h4-6,9-14H,7-8,15-17H2,1-3H3,(H,27,28). The van der Waals surface area contributed by atoms with Gasteiger partial charge in [-0.3, -0.25) is 9.69 Å². The fraction of sp³-hybridized carbons (Fsp3) is 0.417. The van der Waals surface area contributed by atoms with Gasteiger partial charge in [0.1, 0.15) is 0 Å². The molecule has 0 spiro atoms. The third-order valence-corrected chi connectivity index (χ3v) is 5.67. The Labute approximate surface area is 167 Å². The predicted octanol–water partition coefficient (Wildman–Crippen LogP) is 5.66. The van der Waals surface area contributed by atoms with E-state index in [1.165, 1.54) is 0 Å². The van der Waals surface area contributed by atoms with Gasteiger partial charge in [-0.15, -0.1) is 0 Å². The quantitative estimate of drug-likeness (QED) is 0.682. The van der Waals surface area contributed by atoms with E-state index in [9.17, 15) is 14.7 Å². The van der Waals surface area contributed by atoms with E-state index in [-0.39, 0.29) is 5.78 Å². The van der Waals surface area contributed by atoms with E-state index in [0.29, 0.717) is 12.0 Å². The molecule has 0 heterocycles. The number of hydrogen-bond acceptors (Lipinski definition) is 2. The Balaban J connectivity index is 1.89.